The highest BCUT2D eigenvalue weighted by Crippen LogP contribution is 2.52. The highest BCUT2D eigenvalue weighted by molar-refractivity contribution is 8.02. The molecule has 4 atom stereocenters. The molecule has 12 nitrogen and oxygen atoms in total. The van der Waals surface area contributed by atoms with Crippen molar-refractivity contribution in [1.82, 2.24) is 10.2 Å². The monoisotopic (exact) mass is 590 g/mol. The Morgan fingerprint density at radius 2 is 1.78 bits per heavy atom. The van der Waals surface area contributed by atoms with Gasteiger partial charge in [0.15, 0.2) is 16.2 Å². The minimum atomic E-state index is -1.26. The number of thioether (sulfide) groups is 1. The lowest BCUT2D eigenvalue weighted by molar-refractivity contribution is -0.158. The second-order valence-corrected chi connectivity index (χ2v) is 10.6. The van der Waals surface area contributed by atoms with Gasteiger partial charge in [-0.3, -0.25) is 9.59 Å². The number of ether oxygens (including phenoxy) is 6. The van der Waals surface area contributed by atoms with E-state index in [4.69, 9.17) is 28.4 Å². The van der Waals surface area contributed by atoms with Gasteiger partial charge in [0.1, 0.15) is 38.4 Å². The summed E-state index contributed by atoms with van der Waals surface area (Å²) in [5.41, 5.74) is 0.721. The van der Waals surface area contributed by atoms with Crippen LogP contribution in [0.5, 0.6) is 11.5 Å². The van der Waals surface area contributed by atoms with E-state index in [0.29, 0.717) is 11.5 Å². The third kappa shape index (κ3) is 7.54. The average Bonchev–Trinajstić information content (AvgIpc) is 3.31. The van der Waals surface area contributed by atoms with E-state index in [1.54, 1.807) is 30.0 Å². The molecule has 0 bridgehead atoms. The van der Waals surface area contributed by atoms with Gasteiger partial charge in [0.05, 0.1) is 19.0 Å². The van der Waals surface area contributed by atoms with Crippen LogP contribution in [0.1, 0.15) is 12.5 Å². The number of amides is 2. The Bertz CT molecular complexity index is 1170. The lowest BCUT2D eigenvalue weighted by Gasteiger charge is -2.43. The predicted molar refractivity (Wildman–Crippen MR) is 149 cm³/mol. The van der Waals surface area contributed by atoms with Crippen molar-refractivity contribution in [2.45, 2.75) is 29.7 Å². The molecule has 2 aliphatic rings. The Labute approximate surface area is 242 Å². The van der Waals surface area contributed by atoms with Gasteiger partial charge in [0, 0.05) is 6.54 Å². The molecular formula is C28H34N2O10S. The van der Waals surface area contributed by atoms with Crippen LogP contribution in [0.25, 0.3) is 0 Å². The summed E-state index contributed by atoms with van der Waals surface area (Å²) < 4.78 is 30.7. The minimum absolute atomic E-state index is 0.0158. The summed E-state index contributed by atoms with van der Waals surface area (Å²) >= 11 is 1.22. The number of esters is 1. The molecule has 2 heterocycles. The lowest BCUT2D eigenvalue weighted by Crippen LogP contribution is -2.61. The average molecular weight is 591 g/mol. The summed E-state index contributed by atoms with van der Waals surface area (Å²) in [5.74, 6) is -0.782. The van der Waals surface area contributed by atoms with Gasteiger partial charge in [-0.05, 0) is 24.6 Å². The molecule has 13 heteroatoms. The van der Waals surface area contributed by atoms with Crippen LogP contribution >= 0.6 is 11.8 Å². The number of β-lactam (4-membered cyclic amide) rings is 1. The minimum Gasteiger partial charge on any atom is -0.493 e. The predicted octanol–water partition coefficient (Wildman–Crippen LogP) is 3.21. The zero-order chi connectivity index (χ0) is 30.0. The van der Waals surface area contributed by atoms with Crippen molar-refractivity contribution < 1.29 is 47.6 Å². The first kappa shape index (κ1) is 31.4. The number of methoxy groups -OCH3 is 1. The van der Waals surface area contributed by atoms with Crippen LogP contribution in [-0.4, -0.2) is 85.3 Å². The molecule has 222 valence electrons. The summed E-state index contributed by atoms with van der Waals surface area (Å²) in [7, 11) is 1.47. The first-order chi connectivity index (χ1) is 19.7. The van der Waals surface area contributed by atoms with Crippen LogP contribution in [0, 0.1) is 5.92 Å². The van der Waals surface area contributed by atoms with Crippen molar-refractivity contribution in [3.05, 3.63) is 61.7 Å². The highest BCUT2D eigenvalue weighted by Gasteiger charge is 2.64. The van der Waals surface area contributed by atoms with Gasteiger partial charge in [-0.2, -0.15) is 0 Å². The van der Waals surface area contributed by atoms with E-state index in [9.17, 15) is 19.2 Å². The lowest BCUT2D eigenvalue weighted by atomic mass is 9.92. The smallest absolute Gasteiger partial charge is 0.493 e. The summed E-state index contributed by atoms with van der Waals surface area (Å²) in [6.07, 6.45) is 2.03. The summed E-state index contributed by atoms with van der Waals surface area (Å²) in [4.78, 5) is 51.4. The zero-order valence-corrected chi connectivity index (χ0v) is 23.8. The van der Waals surface area contributed by atoms with Gasteiger partial charge in [-0.1, -0.05) is 44.0 Å². The Morgan fingerprint density at radius 3 is 2.46 bits per heavy atom. The zero-order valence-electron chi connectivity index (χ0n) is 23.0. The van der Waals surface area contributed by atoms with Crippen molar-refractivity contribution >= 4 is 35.9 Å². The normalized spacial score (nSPS) is 21.3. The van der Waals surface area contributed by atoms with E-state index in [1.165, 1.54) is 37.1 Å². The number of rotatable bonds is 15. The molecule has 1 aromatic rings. The molecular weight excluding hydrogens is 556 g/mol. The maximum Gasteiger partial charge on any atom is 0.508 e. The standard InChI is InChI=1S/C28H34N2O10S/c1-6-11-36-25(32)28(16-30-23(31)22(24(30)41-28)18(4)40-27(34)38-13-8-3)17-39-20-10-9-19(14-21(20)35-5)15-29-26(33)37-12-7-2/h6-10,14,18,22,24H,1-3,11-13,15-17H2,4-5H3,(H,29,33)/t18-,22+,24-,28?/m1/s1. The second-order valence-electron chi connectivity index (χ2n) is 9.07. The number of nitrogens with zero attached hydrogens (tertiary/aromatic N) is 1. The molecule has 0 aromatic heterocycles. The molecule has 2 saturated heterocycles. The fourth-order valence-electron chi connectivity index (χ4n) is 4.23. The second kappa shape index (κ2) is 14.5. The number of benzene rings is 1. The van der Waals surface area contributed by atoms with Gasteiger partial charge in [-0.15, -0.1) is 11.8 Å². The van der Waals surface area contributed by atoms with E-state index in [2.05, 4.69) is 25.1 Å². The quantitative estimate of drug-likeness (QED) is 0.139. The molecule has 41 heavy (non-hydrogen) atoms. The summed E-state index contributed by atoms with van der Waals surface area (Å²) in [6, 6.07) is 5.07. The summed E-state index contributed by atoms with van der Waals surface area (Å²) in [5, 5.41) is 2.17. The van der Waals surface area contributed by atoms with E-state index >= 15 is 0 Å². The molecule has 0 radical (unpaired) electrons. The van der Waals surface area contributed by atoms with Crippen LogP contribution in [0.15, 0.2) is 56.2 Å². The Balaban J connectivity index is 1.72. The molecule has 0 saturated carbocycles. The molecule has 2 amide bonds. The maximum atomic E-state index is 13.3. The SMILES string of the molecule is C=CCOC(=O)NCc1ccc(OCC2(C(=O)OCC=C)CN3C(=O)[C@H]([C@@H](C)OC(=O)OCC=C)[C@H]3S2)c(OC)c1. The topological polar surface area (TPSA) is 139 Å². The van der Waals surface area contributed by atoms with Gasteiger partial charge in [-0.25, -0.2) is 9.59 Å². The fourth-order valence-corrected chi connectivity index (χ4v) is 5.98. The molecule has 1 unspecified atom stereocenters. The van der Waals surface area contributed by atoms with Gasteiger partial charge in [0.25, 0.3) is 0 Å². The third-order valence-corrected chi connectivity index (χ3v) is 7.88. The highest BCUT2D eigenvalue weighted by atomic mass is 32.2. The molecule has 1 N–H and O–H groups in total. The van der Waals surface area contributed by atoms with Crippen molar-refractivity contribution in [2.75, 3.05) is 40.1 Å². The molecule has 0 spiro atoms. The fraction of sp³-hybridized carbons (Fsp3) is 0.429. The van der Waals surface area contributed by atoms with E-state index in [0.717, 1.165) is 5.56 Å². The van der Waals surface area contributed by atoms with E-state index < -0.39 is 40.4 Å². The van der Waals surface area contributed by atoms with E-state index in [1.807, 2.05) is 0 Å². The van der Waals surface area contributed by atoms with Crippen LogP contribution < -0.4 is 14.8 Å². The Kier molecular flexibility index (Phi) is 11.1. The van der Waals surface area contributed by atoms with Gasteiger partial charge in [0.2, 0.25) is 5.91 Å². The first-order valence-electron chi connectivity index (χ1n) is 12.7. The number of carbonyl (C=O) groups is 4. The number of hydrogen-bond acceptors (Lipinski definition) is 11. The number of alkyl carbamates (subject to hydrolysis) is 1. The molecule has 1 aromatic carbocycles. The van der Waals surface area contributed by atoms with Gasteiger partial charge < -0.3 is 38.6 Å². The maximum absolute atomic E-state index is 13.3. The Morgan fingerprint density at radius 1 is 1.10 bits per heavy atom. The van der Waals surface area contributed by atoms with Crippen molar-refractivity contribution in [3.63, 3.8) is 0 Å². The number of nitrogens with one attached hydrogen (secondary N) is 1. The van der Waals surface area contributed by atoms with Crippen LogP contribution in [0.4, 0.5) is 9.59 Å². The number of carbonyl (C=O) groups excluding carboxylic acids is 4. The summed E-state index contributed by atoms with van der Waals surface area (Å²) in [6.45, 7) is 12.3. The molecule has 0 aliphatic carbocycles. The van der Waals surface area contributed by atoms with Crippen molar-refractivity contribution in [2.24, 2.45) is 5.92 Å². The van der Waals surface area contributed by atoms with Crippen molar-refractivity contribution in [3.8, 4) is 11.5 Å². The first-order valence-corrected chi connectivity index (χ1v) is 13.6. The van der Waals surface area contributed by atoms with Crippen LogP contribution in [0.2, 0.25) is 0 Å². The van der Waals surface area contributed by atoms with Gasteiger partial charge >= 0.3 is 18.2 Å². The largest absolute Gasteiger partial charge is 0.508 e. The molecule has 2 aliphatic heterocycles. The number of fused-ring (bicyclic) bond motifs is 1. The van der Waals surface area contributed by atoms with E-state index in [-0.39, 0.29) is 45.4 Å². The van der Waals surface area contributed by atoms with Crippen molar-refractivity contribution in [1.29, 1.82) is 0 Å². The molecule has 3 rings (SSSR count). The third-order valence-electron chi connectivity index (χ3n) is 6.22. The number of hydrogen-bond donors (Lipinski definition) is 1. The Hall–Kier alpha value is -4.13. The molecule has 2 fully saturated rings. The van der Waals surface area contributed by atoms with Crippen LogP contribution in [0.3, 0.4) is 0 Å². The van der Waals surface area contributed by atoms with Crippen LogP contribution in [-0.2, 0) is 35.1 Å².